The lowest BCUT2D eigenvalue weighted by atomic mass is 10.4. The molecule has 11 heavy (non-hydrogen) atoms. The SMILES string of the molecule is COCCNCC(Cl)COC. The van der Waals surface area contributed by atoms with Crippen LogP contribution in [0.4, 0.5) is 0 Å². The van der Waals surface area contributed by atoms with Crippen LogP contribution in [0.2, 0.25) is 0 Å². The summed E-state index contributed by atoms with van der Waals surface area (Å²) in [6, 6.07) is 0. The molecular formula is C7H16ClNO2. The Morgan fingerprint density at radius 3 is 2.64 bits per heavy atom. The van der Waals surface area contributed by atoms with E-state index in [1.807, 2.05) is 0 Å². The molecule has 1 atom stereocenters. The Labute approximate surface area is 73.0 Å². The predicted octanol–water partition coefficient (Wildman–Crippen LogP) is 0.476. The van der Waals surface area contributed by atoms with Crippen molar-refractivity contribution in [2.24, 2.45) is 0 Å². The normalized spacial score (nSPS) is 13.4. The molecule has 0 aromatic heterocycles. The van der Waals surface area contributed by atoms with Gasteiger partial charge in [-0.2, -0.15) is 0 Å². The van der Waals surface area contributed by atoms with Crippen LogP contribution in [0.5, 0.6) is 0 Å². The topological polar surface area (TPSA) is 30.5 Å². The molecule has 0 saturated heterocycles. The Kier molecular flexibility index (Phi) is 8.40. The van der Waals surface area contributed by atoms with Crippen molar-refractivity contribution >= 4 is 11.6 Å². The summed E-state index contributed by atoms with van der Waals surface area (Å²) in [5.41, 5.74) is 0. The second-order valence-corrected chi connectivity index (χ2v) is 2.87. The van der Waals surface area contributed by atoms with Gasteiger partial charge in [0.05, 0.1) is 18.6 Å². The minimum atomic E-state index is 0.0526. The van der Waals surface area contributed by atoms with Gasteiger partial charge in [0.1, 0.15) is 0 Å². The Hall–Kier alpha value is 0.170. The lowest BCUT2D eigenvalue weighted by Crippen LogP contribution is -2.28. The van der Waals surface area contributed by atoms with Gasteiger partial charge in [-0.1, -0.05) is 0 Å². The van der Waals surface area contributed by atoms with E-state index < -0.39 is 0 Å². The van der Waals surface area contributed by atoms with Crippen LogP contribution in [-0.2, 0) is 9.47 Å². The van der Waals surface area contributed by atoms with Crippen molar-refractivity contribution in [2.45, 2.75) is 5.38 Å². The quantitative estimate of drug-likeness (QED) is 0.458. The first kappa shape index (κ1) is 11.2. The fourth-order valence-electron chi connectivity index (χ4n) is 0.673. The van der Waals surface area contributed by atoms with E-state index in [1.54, 1.807) is 14.2 Å². The second kappa shape index (κ2) is 8.27. The average molecular weight is 182 g/mol. The fraction of sp³-hybridized carbons (Fsp3) is 1.00. The number of alkyl halides is 1. The molecule has 0 bridgehead atoms. The summed E-state index contributed by atoms with van der Waals surface area (Å²) in [5.74, 6) is 0. The predicted molar refractivity (Wildman–Crippen MR) is 46.3 cm³/mol. The van der Waals surface area contributed by atoms with Crippen molar-refractivity contribution in [3.05, 3.63) is 0 Å². The maximum absolute atomic E-state index is 5.83. The molecule has 0 aliphatic rings. The van der Waals surface area contributed by atoms with Crippen LogP contribution >= 0.6 is 11.6 Å². The highest BCUT2D eigenvalue weighted by molar-refractivity contribution is 6.20. The summed E-state index contributed by atoms with van der Waals surface area (Å²) in [6.07, 6.45) is 0. The first-order valence-corrected chi connectivity index (χ1v) is 4.07. The molecule has 0 radical (unpaired) electrons. The van der Waals surface area contributed by atoms with Crippen molar-refractivity contribution in [3.63, 3.8) is 0 Å². The summed E-state index contributed by atoms with van der Waals surface area (Å²) >= 11 is 5.83. The maximum Gasteiger partial charge on any atom is 0.0693 e. The van der Waals surface area contributed by atoms with Crippen molar-refractivity contribution in [1.29, 1.82) is 0 Å². The van der Waals surface area contributed by atoms with Crippen LogP contribution in [0.1, 0.15) is 0 Å². The van der Waals surface area contributed by atoms with E-state index in [0.717, 1.165) is 19.7 Å². The number of halogens is 1. The van der Waals surface area contributed by atoms with Crippen LogP contribution in [0.25, 0.3) is 0 Å². The highest BCUT2D eigenvalue weighted by Gasteiger charge is 2.01. The second-order valence-electron chi connectivity index (χ2n) is 2.25. The van der Waals surface area contributed by atoms with Gasteiger partial charge in [0.15, 0.2) is 0 Å². The fourth-order valence-corrected chi connectivity index (χ4v) is 0.908. The molecule has 3 nitrogen and oxygen atoms in total. The summed E-state index contributed by atoms with van der Waals surface area (Å²) in [4.78, 5) is 0. The number of hydrogen-bond acceptors (Lipinski definition) is 3. The van der Waals surface area contributed by atoms with Gasteiger partial charge < -0.3 is 14.8 Å². The average Bonchev–Trinajstić information content (AvgIpc) is 1.99. The standard InChI is InChI=1S/C7H16ClNO2/c1-10-4-3-9-5-7(8)6-11-2/h7,9H,3-6H2,1-2H3. The van der Waals surface area contributed by atoms with Gasteiger partial charge >= 0.3 is 0 Å². The van der Waals surface area contributed by atoms with Crippen molar-refractivity contribution < 1.29 is 9.47 Å². The molecule has 1 unspecified atom stereocenters. The Balaban J connectivity index is 2.97. The van der Waals surface area contributed by atoms with Crippen molar-refractivity contribution in [3.8, 4) is 0 Å². The summed E-state index contributed by atoms with van der Waals surface area (Å²) < 4.78 is 9.70. The molecule has 0 aromatic rings. The molecular weight excluding hydrogens is 166 g/mol. The Bertz CT molecular complexity index is 82.8. The minimum absolute atomic E-state index is 0.0526. The van der Waals surface area contributed by atoms with E-state index in [-0.39, 0.29) is 5.38 Å². The Morgan fingerprint density at radius 2 is 2.09 bits per heavy atom. The Morgan fingerprint density at radius 1 is 1.36 bits per heavy atom. The third-order valence-electron chi connectivity index (χ3n) is 1.20. The molecule has 0 spiro atoms. The molecule has 1 N–H and O–H groups in total. The zero-order valence-corrected chi connectivity index (χ0v) is 7.86. The van der Waals surface area contributed by atoms with E-state index in [4.69, 9.17) is 21.1 Å². The van der Waals surface area contributed by atoms with Gasteiger partial charge in [-0.15, -0.1) is 11.6 Å². The molecule has 0 saturated carbocycles. The van der Waals surface area contributed by atoms with Gasteiger partial charge in [0, 0.05) is 27.3 Å². The third-order valence-corrected chi connectivity index (χ3v) is 1.48. The zero-order chi connectivity index (χ0) is 8.53. The number of hydrogen-bond donors (Lipinski definition) is 1. The minimum Gasteiger partial charge on any atom is -0.383 e. The molecule has 0 aliphatic heterocycles. The van der Waals surface area contributed by atoms with E-state index in [2.05, 4.69) is 5.32 Å². The lowest BCUT2D eigenvalue weighted by Gasteiger charge is -2.08. The third kappa shape index (κ3) is 8.07. The zero-order valence-electron chi connectivity index (χ0n) is 7.10. The largest absolute Gasteiger partial charge is 0.383 e. The number of rotatable bonds is 7. The van der Waals surface area contributed by atoms with Crippen LogP contribution in [-0.4, -0.2) is 45.9 Å². The van der Waals surface area contributed by atoms with Crippen LogP contribution < -0.4 is 5.32 Å². The van der Waals surface area contributed by atoms with Crippen molar-refractivity contribution in [2.75, 3.05) is 40.5 Å². The highest BCUT2D eigenvalue weighted by atomic mass is 35.5. The van der Waals surface area contributed by atoms with E-state index in [9.17, 15) is 0 Å². The molecule has 4 heteroatoms. The van der Waals surface area contributed by atoms with Gasteiger partial charge in [-0.25, -0.2) is 0 Å². The maximum atomic E-state index is 5.83. The molecule has 0 fully saturated rings. The molecule has 0 heterocycles. The van der Waals surface area contributed by atoms with Gasteiger partial charge in [0.2, 0.25) is 0 Å². The van der Waals surface area contributed by atoms with E-state index in [1.165, 1.54) is 0 Å². The monoisotopic (exact) mass is 181 g/mol. The van der Waals surface area contributed by atoms with E-state index in [0.29, 0.717) is 6.61 Å². The molecule has 0 aliphatic carbocycles. The smallest absolute Gasteiger partial charge is 0.0693 e. The molecule has 0 rings (SSSR count). The number of nitrogens with one attached hydrogen (secondary N) is 1. The van der Waals surface area contributed by atoms with Crippen LogP contribution in [0, 0.1) is 0 Å². The summed E-state index contributed by atoms with van der Waals surface area (Å²) in [5, 5.41) is 3.19. The van der Waals surface area contributed by atoms with Crippen LogP contribution in [0.3, 0.4) is 0 Å². The van der Waals surface area contributed by atoms with Crippen LogP contribution in [0.15, 0.2) is 0 Å². The number of ether oxygens (including phenoxy) is 2. The summed E-state index contributed by atoms with van der Waals surface area (Å²) in [7, 11) is 3.32. The first-order chi connectivity index (χ1) is 5.31. The molecule has 0 amide bonds. The first-order valence-electron chi connectivity index (χ1n) is 3.64. The van der Waals surface area contributed by atoms with Gasteiger partial charge in [-0.3, -0.25) is 0 Å². The number of methoxy groups -OCH3 is 2. The van der Waals surface area contributed by atoms with Gasteiger partial charge in [-0.05, 0) is 0 Å². The highest BCUT2D eigenvalue weighted by Crippen LogP contribution is 1.92. The summed E-state index contributed by atoms with van der Waals surface area (Å²) in [6.45, 7) is 2.90. The van der Waals surface area contributed by atoms with Gasteiger partial charge in [0.25, 0.3) is 0 Å². The lowest BCUT2D eigenvalue weighted by molar-refractivity contribution is 0.187. The molecule has 68 valence electrons. The van der Waals surface area contributed by atoms with Crippen molar-refractivity contribution in [1.82, 2.24) is 5.32 Å². The molecule has 0 aromatic carbocycles. The van der Waals surface area contributed by atoms with E-state index >= 15 is 0 Å².